The normalized spacial score (nSPS) is 12.8. The predicted molar refractivity (Wildman–Crippen MR) is 98.3 cm³/mol. The van der Waals surface area contributed by atoms with Crippen LogP contribution in [0.15, 0.2) is 35.2 Å². The van der Waals surface area contributed by atoms with Crippen LogP contribution in [0, 0.1) is 5.92 Å². The standard InChI is InChI=1S/C17H23N3O5S/c1-11(2)7-14(20-26(4,22)23)17(21)19-12-5-6-13(15(8-12)24-3)16-9-18-10-25-16/h5-6,8-11,14,20H,7H2,1-4H3,(H,19,21)/t14-/m1/s1. The van der Waals surface area contributed by atoms with Crippen LogP contribution in [-0.4, -0.2) is 38.7 Å². The van der Waals surface area contributed by atoms with Crippen LogP contribution in [0.1, 0.15) is 20.3 Å². The monoisotopic (exact) mass is 381 g/mol. The number of hydrogen-bond acceptors (Lipinski definition) is 6. The highest BCUT2D eigenvalue weighted by atomic mass is 32.2. The lowest BCUT2D eigenvalue weighted by molar-refractivity contribution is -0.118. The van der Waals surface area contributed by atoms with Crippen molar-refractivity contribution >= 4 is 21.6 Å². The van der Waals surface area contributed by atoms with Crippen LogP contribution in [0.5, 0.6) is 5.75 Å². The molecular weight excluding hydrogens is 358 g/mol. The first-order valence-corrected chi connectivity index (χ1v) is 9.94. The van der Waals surface area contributed by atoms with Gasteiger partial charge in [0.1, 0.15) is 11.8 Å². The fourth-order valence-electron chi connectivity index (χ4n) is 2.49. The lowest BCUT2D eigenvalue weighted by Crippen LogP contribution is -2.44. The van der Waals surface area contributed by atoms with Crippen molar-refractivity contribution in [1.29, 1.82) is 0 Å². The summed E-state index contributed by atoms with van der Waals surface area (Å²) in [4.78, 5) is 16.4. The van der Waals surface area contributed by atoms with E-state index in [4.69, 9.17) is 9.15 Å². The van der Waals surface area contributed by atoms with E-state index in [1.54, 1.807) is 24.4 Å². The summed E-state index contributed by atoms with van der Waals surface area (Å²) in [5.41, 5.74) is 1.18. The number of hydrogen-bond donors (Lipinski definition) is 2. The van der Waals surface area contributed by atoms with E-state index in [1.165, 1.54) is 13.5 Å². The summed E-state index contributed by atoms with van der Waals surface area (Å²) in [6, 6.07) is 4.20. The number of ether oxygens (including phenoxy) is 1. The van der Waals surface area contributed by atoms with Crippen molar-refractivity contribution in [3.05, 3.63) is 30.8 Å². The summed E-state index contributed by atoms with van der Waals surface area (Å²) < 4.78 is 36.0. The highest BCUT2D eigenvalue weighted by molar-refractivity contribution is 7.88. The molecule has 2 N–H and O–H groups in total. The smallest absolute Gasteiger partial charge is 0.242 e. The predicted octanol–water partition coefficient (Wildman–Crippen LogP) is 2.25. The number of aromatic nitrogens is 1. The highest BCUT2D eigenvalue weighted by Gasteiger charge is 2.23. The van der Waals surface area contributed by atoms with Crippen LogP contribution in [0.25, 0.3) is 11.3 Å². The Morgan fingerprint density at radius 3 is 2.62 bits per heavy atom. The summed E-state index contributed by atoms with van der Waals surface area (Å²) in [5.74, 6) is 0.745. The van der Waals surface area contributed by atoms with Crippen molar-refractivity contribution in [3.63, 3.8) is 0 Å². The first-order valence-electron chi connectivity index (χ1n) is 8.04. The van der Waals surface area contributed by atoms with Gasteiger partial charge in [0.05, 0.1) is 25.1 Å². The fourth-order valence-corrected chi connectivity index (χ4v) is 3.21. The number of amides is 1. The Morgan fingerprint density at radius 1 is 1.35 bits per heavy atom. The van der Waals surface area contributed by atoms with Crippen LogP contribution in [0.4, 0.5) is 5.69 Å². The Kier molecular flexibility index (Phi) is 6.38. The molecule has 0 aliphatic carbocycles. The molecule has 26 heavy (non-hydrogen) atoms. The van der Waals surface area contributed by atoms with Crippen LogP contribution in [0.2, 0.25) is 0 Å². The van der Waals surface area contributed by atoms with Crippen molar-refractivity contribution in [2.45, 2.75) is 26.3 Å². The quantitative estimate of drug-likeness (QED) is 0.726. The molecule has 0 radical (unpaired) electrons. The summed E-state index contributed by atoms with van der Waals surface area (Å²) in [5, 5.41) is 2.73. The third-order valence-corrected chi connectivity index (χ3v) is 4.26. The van der Waals surface area contributed by atoms with Crippen LogP contribution < -0.4 is 14.8 Å². The van der Waals surface area contributed by atoms with Gasteiger partial charge in [-0.25, -0.2) is 18.1 Å². The highest BCUT2D eigenvalue weighted by Crippen LogP contribution is 2.32. The first kappa shape index (κ1) is 19.9. The molecule has 0 bridgehead atoms. The number of anilines is 1. The lowest BCUT2D eigenvalue weighted by Gasteiger charge is -2.19. The molecule has 142 valence electrons. The number of nitrogens with zero attached hydrogens (tertiary/aromatic N) is 1. The van der Waals surface area contributed by atoms with Crippen molar-refractivity contribution in [1.82, 2.24) is 9.71 Å². The summed E-state index contributed by atoms with van der Waals surface area (Å²) in [6.07, 6.45) is 4.29. The number of benzene rings is 1. The largest absolute Gasteiger partial charge is 0.496 e. The van der Waals surface area contributed by atoms with E-state index < -0.39 is 22.0 Å². The molecule has 1 amide bonds. The minimum absolute atomic E-state index is 0.142. The molecular formula is C17H23N3O5S. The number of carbonyl (C=O) groups is 1. The number of oxazole rings is 1. The minimum Gasteiger partial charge on any atom is -0.496 e. The molecule has 0 fully saturated rings. The second-order valence-corrected chi connectivity index (χ2v) is 8.12. The van der Waals surface area contributed by atoms with Gasteiger partial charge in [-0.2, -0.15) is 0 Å². The van der Waals surface area contributed by atoms with Gasteiger partial charge < -0.3 is 14.5 Å². The van der Waals surface area contributed by atoms with E-state index in [2.05, 4.69) is 15.0 Å². The zero-order chi connectivity index (χ0) is 19.3. The van der Waals surface area contributed by atoms with Gasteiger partial charge in [0, 0.05) is 11.8 Å². The molecule has 1 aromatic carbocycles. The number of carbonyl (C=O) groups excluding carboxylic acids is 1. The van der Waals surface area contributed by atoms with E-state index in [-0.39, 0.29) is 5.92 Å². The van der Waals surface area contributed by atoms with E-state index in [1.807, 2.05) is 13.8 Å². The van der Waals surface area contributed by atoms with Gasteiger partial charge in [0.2, 0.25) is 15.9 Å². The molecule has 0 aliphatic heterocycles. The van der Waals surface area contributed by atoms with E-state index in [0.717, 1.165) is 6.26 Å². The average molecular weight is 381 g/mol. The van der Waals surface area contributed by atoms with Gasteiger partial charge in [-0.15, -0.1) is 0 Å². The molecule has 8 nitrogen and oxygen atoms in total. The van der Waals surface area contributed by atoms with E-state index >= 15 is 0 Å². The van der Waals surface area contributed by atoms with Gasteiger partial charge >= 0.3 is 0 Å². The number of sulfonamides is 1. The molecule has 1 heterocycles. The second-order valence-electron chi connectivity index (χ2n) is 6.34. The number of nitrogens with one attached hydrogen (secondary N) is 2. The molecule has 0 saturated carbocycles. The molecule has 0 spiro atoms. The number of methoxy groups -OCH3 is 1. The van der Waals surface area contributed by atoms with Crippen molar-refractivity contribution in [3.8, 4) is 17.1 Å². The molecule has 9 heteroatoms. The maximum Gasteiger partial charge on any atom is 0.242 e. The molecule has 2 aromatic rings. The third kappa shape index (κ3) is 5.57. The van der Waals surface area contributed by atoms with Crippen LogP contribution in [0.3, 0.4) is 0 Å². The van der Waals surface area contributed by atoms with Crippen molar-refractivity contribution in [2.75, 3.05) is 18.7 Å². The van der Waals surface area contributed by atoms with E-state index in [9.17, 15) is 13.2 Å². The van der Waals surface area contributed by atoms with Gasteiger partial charge in [0.25, 0.3) is 0 Å². The fraction of sp³-hybridized carbons (Fsp3) is 0.412. The molecule has 0 aliphatic rings. The minimum atomic E-state index is -3.51. The van der Waals surface area contributed by atoms with Gasteiger partial charge in [0.15, 0.2) is 12.2 Å². The van der Waals surface area contributed by atoms with Crippen molar-refractivity contribution in [2.24, 2.45) is 5.92 Å². The summed E-state index contributed by atoms with van der Waals surface area (Å²) in [7, 11) is -2.00. The second kappa shape index (κ2) is 8.33. The molecule has 0 unspecified atom stereocenters. The van der Waals surface area contributed by atoms with Gasteiger partial charge in [-0.3, -0.25) is 4.79 Å². The topological polar surface area (TPSA) is 111 Å². The first-order chi connectivity index (χ1) is 12.2. The van der Waals surface area contributed by atoms with E-state index in [0.29, 0.717) is 29.2 Å². The zero-order valence-corrected chi connectivity index (χ0v) is 16.0. The Bertz CT molecular complexity index is 847. The van der Waals surface area contributed by atoms with Gasteiger partial charge in [-0.05, 0) is 24.5 Å². The Morgan fingerprint density at radius 2 is 2.08 bits per heavy atom. The Labute approximate surface area is 153 Å². The third-order valence-electron chi connectivity index (χ3n) is 3.55. The SMILES string of the molecule is COc1cc(NC(=O)[C@@H](CC(C)C)NS(C)(=O)=O)ccc1-c1cnco1. The van der Waals surface area contributed by atoms with Crippen LogP contribution in [-0.2, 0) is 14.8 Å². The maximum absolute atomic E-state index is 12.5. The molecule has 2 rings (SSSR count). The molecule has 1 aromatic heterocycles. The Balaban J connectivity index is 2.21. The zero-order valence-electron chi connectivity index (χ0n) is 15.1. The summed E-state index contributed by atoms with van der Waals surface area (Å²) in [6.45, 7) is 3.83. The van der Waals surface area contributed by atoms with Crippen LogP contribution >= 0.6 is 0 Å². The van der Waals surface area contributed by atoms with Gasteiger partial charge in [-0.1, -0.05) is 13.8 Å². The Hall–Kier alpha value is -2.39. The lowest BCUT2D eigenvalue weighted by atomic mass is 10.0. The van der Waals surface area contributed by atoms with Crippen molar-refractivity contribution < 1.29 is 22.4 Å². The molecule has 1 atom stereocenters. The average Bonchev–Trinajstić information content (AvgIpc) is 3.06. The molecule has 0 saturated heterocycles. The summed E-state index contributed by atoms with van der Waals surface area (Å²) >= 11 is 0. The maximum atomic E-state index is 12.5. The number of rotatable bonds is 8.